The molecular weight excluding hydrogens is 222 g/mol. The van der Waals surface area contributed by atoms with Crippen LogP contribution >= 0.6 is 0 Å². The monoisotopic (exact) mass is 255 g/mol. The SMILES string of the molecule is C#C.CC.CC1CCCCC1.O=C1CCCCN1.[HH]. The third kappa shape index (κ3) is 13.1. The highest BCUT2D eigenvalue weighted by Gasteiger charge is 2.06. The summed E-state index contributed by atoms with van der Waals surface area (Å²) in [5.74, 6) is 1.25. The number of hydrogen-bond acceptors (Lipinski definition) is 1. The van der Waals surface area contributed by atoms with Gasteiger partial charge in [0.05, 0.1) is 0 Å². The van der Waals surface area contributed by atoms with Gasteiger partial charge in [0.15, 0.2) is 0 Å². The number of carbonyl (C=O) groups excluding carboxylic acids is 1. The van der Waals surface area contributed by atoms with Crippen LogP contribution in [0.15, 0.2) is 0 Å². The number of rotatable bonds is 0. The summed E-state index contributed by atoms with van der Waals surface area (Å²) >= 11 is 0. The molecule has 1 N–H and O–H groups in total. The number of terminal acetylenes is 1. The zero-order chi connectivity index (χ0) is 14.2. The molecule has 2 rings (SSSR count). The van der Waals surface area contributed by atoms with Crippen molar-refractivity contribution in [1.82, 2.24) is 5.32 Å². The van der Waals surface area contributed by atoms with Gasteiger partial charge in [-0.15, -0.1) is 12.8 Å². The van der Waals surface area contributed by atoms with E-state index >= 15 is 0 Å². The summed E-state index contributed by atoms with van der Waals surface area (Å²) < 4.78 is 0. The normalized spacial score (nSPS) is 18.6. The molecule has 1 saturated heterocycles. The van der Waals surface area contributed by atoms with Crippen LogP contribution in [-0.4, -0.2) is 12.5 Å². The summed E-state index contributed by atoms with van der Waals surface area (Å²) in [6, 6.07) is 0. The smallest absolute Gasteiger partial charge is 0.219 e. The number of piperidine rings is 1. The summed E-state index contributed by atoms with van der Waals surface area (Å²) in [6.45, 7) is 7.25. The first-order valence-electron chi connectivity index (χ1n) is 7.39. The van der Waals surface area contributed by atoms with Gasteiger partial charge in [0.2, 0.25) is 5.91 Å². The lowest BCUT2D eigenvalue weighted by Crippen LogP contribution is -2.28. The minimum atomic E-state index is 0. The average Bonchev–Trinajstić information content (AvgIpc) is 2.46. The highest BCUT2D eigenvalue weighted by Crippen LogP contribution is 2.22. The van der Waals surface area contributed by atoms with E-state index in [1.54, 1.807) is 0 Å². The molecule has 0 aromatic carbocycles. The number of amides is 1. The van der Waals surface area contributed by atoms with Crippen LogP contribution in [0, 0.1) is 18.8 Å². The van der Waals surface area contributed by atoms with Gasteiger partial charge < -0.3 is 5.32 Å². The van der Waals surface area contributed by atoms with Gasteiger partial charge in [-0.25, -0.2) is 0 Å². The quantitative estimate of drug-likeness (QED) is 0.639. The van der Waals surface area contributed by atoms with Crippen LogP contribution in [-0.2, 0) is 4.79 Å². The van der Waals surface area contributed by atoms with Gasteiger partial charge >= 0.3 is 0 Å². The van der Waals surface area contributed by atoms with Gasteiger partial charge in [0.25, 0.3) is 0 Å². The lowest BCUT2D eigenvalue weighted by molar-refractivity contribution is -0.122. The van der Waals surface area contributed by atoms with Crippen LogP contribution in [0.5, 0.6) is 0 Å². The molecule has 1 aliphatic heterocycles. The first-order chi connectivity index (χ1) is 8.79. The Bertz CT molecular complexity index is 190. The summed E-state index contributed by atoms with van der Waals surface area (Å²) in [5, 5.41) is 2.74. The van der Waals surface area contributed by atoms with Gasteiger partial charge in [-0.1, -0.05) is 52.9 Å². The fourth-order valence-electron chi connectivity index (χ4n) is 2.03. The number of carbonyl (C=O) groups is 1. The maximum absolute atomic E-state index is 10.4. The van der Waals surface area contributed by atoms with Gasteiger partial charge in [-0.3, -0.25) is 4.79 Å². The van der Waals surface area contributed by atoms with E-state index in [1.165, 1.54) is 32.1 Å². The second-order valence-electron chi connectivity index (χ2n) is 4.55. The zero-order valence-electron chi connectivity index (χ0n) is 12.5. The fraction of sp³-hybridized carbons (Fsp3) is 0.812. The third-order valence-corrected chi connectivity index (χ3v) is 3.05. The molecular formula is C16H33NO. The van der Waals surface area contributed by atoms with Crippen molar-refractivity contribution in [3.63, 3.8) is 0 Å². The minimum absolute atomic E-state index is 0. The standard InChI is InChI=1S/C7H14.C5H9NO.C2H6.C2H2.H2/c1-7-5-3-2-4-6-7;7-5-3-1-2-4-6-5;2*1-2;/h7H,2-6H2,1H3;1-4H2,(H,6,7);1-2H3;1-2H;1H. The lowest BCUT2D eigenvalue weighted by Gasteiger charge is -2.15. The van der Waals surface area contributed by atoms with E-state index in [1.807, 2.05) is 13.8 Å². The van der Waals surface area contributed by atoms with Gasteiger partial charge in [-0.05, 0) is 18.8 Å². The van der Waals surface area contributed by atoms with Crippen molar-refractivity contribution >= 4 is 5.91 Å². The molecule has 0 aromatic heterocycles. The maximum atomic E-state index is 10.4. The summed E-state index contributed by atoms with van der Waals surface area (Å²) in [5.41, 5.74) is 0. The molecule has 0 bridgehead atoms. The largest absolute Gasteiger partial charge is 0.356 e. The van der Waals surface area contributed by atoms with Crippen molar-refractivity contribution in [3.8, 4) is 12.8 Å². The van der Waals surface area contributed by atoms with Gasteiger partial charge in [0, 0.05) is 14.4 Å². The first kappa shape index (κ1) is 19.4. The molecule has 0 radical (unpaired) electrons. The Labute approximate surface area is 115 Å². The first-order valence-corrected chi connectivity index (χ1v) is 7.39. The van der Waals surface area contributed by atoms with E-state index in [9.17, 15) is 4.79 Å². The topological polar surface area (TPSA) is 29.1 Å². The predicted octanol–water partition coefficient (Wildman–Crippen LogP) is 4.39. The Morgan fingerprint density at radius 3 is 1.83 bits per heavy atom. The highest BCUT2D eigenvalue weighted by molar-refractivity contribution is 5.76. The van der Waals surface area contributed by atoms with Crippen LogP contribution in [0.1, 0.15) is 73.6 Å². The molecule has 2 fully saturated rings. The van der Waals surface area contributed by atoms with E-state index in [4.69, 9.17) is 0 Å². The summed E-state index contributed by atoms with van der Waals surface area (Å²) in [4.78, 5) is 10.4. The molecule has 2 nitrogen and oxygen atoms in total. The van der Waals surface area contributed by atoms with Crippen molar-refractivity contribution in [1.29, 1.82) is 0 Å². The number of nitrogens with one attached hydrogen (secondary N) is 1. The van der Waals surface area contributed by atoms with Crippen molar-refractivity contribution in [2.75, 3.05) is 6.54 Å². The average molecular weight is 255 g/mol. The van der Waals surface area contributed by atoms with E-state index < -0.39 is 0 Å². The van der Waals surface area contributed by atoms with Gasteiger partial charge in [-0.2, -0.15) is 0 Å². The molecule has 1 aliphatic carbocycles. The molecule has 1 saturated carbocycles. The van der Waals surface area contributed by atoms with Crippen LogP contribution in [0.4, 0.5) is 0 Å². The fourth-order valence-corrected chi connectivity index (χ4v) is 2.03. The maximum Gasteiger partial charge on any atom is 0.219 e. The van der Waals surface area contributed by atoms with Crippen molar-refractivity contribution in [2.45, 2.75) is 72.1 Å². The molecule has 0 spiro atoms. The van der Waals surface area contributed by atoms with Crippen LogP contribution < -0.4 is 5.32 Å². The lowest BCUT2D eigenvalue weighted by atomic mass is 9.91. The van der Waals surface area contributed by atoms with Crippen LogP contribution in [0.2, 0.25) is 0 Å². The van der Waals surface area contributed by atoms with E-state index in [0.29, 0.717) is 0 Å². The minimum Gasteiger partial charge on any atom is -0.356 e. The molecule has 0 unspecified atom stereocenters. The second kappa shape index (κ2) is 16.0. The predicted molar refractivity (Wildman–Crippen MR) is 82.5 cm³/mol. The van der Waals surface area contributed by atoms with Crippen LogP contribution in [0.25, 0.3) is 0 Å². The molecule has 108 valence electrons. The molecule has 1 amide bonds. The molecule has 2 aliphatic rings. The molecule has 0 aromatic rings. The highest BCUT2D eigenvalue weighted by atomic mass is 16.1. The van der Waals surface area contributed by atoms with Crippen molar-refractivity contribution < 1.29 is 6.22 Å². The Morgan fingerprint density at radius 1 is 1.06 bits per heavy atom. The van der Waals surface area contributed by atoms with E-state index in [0.717, 1.165) is 31.7 Å². The summed E-state index contributed by atoms with van der Waals surface area (Å²) in [7, 11) is 0. The van der Waals surface area contributed by atoms with Crippen molar-refractivity contribution in [2.24, 2.45) is 5.92 Å². The zero-order valence-corrected chi connectivity index (χ0v) is 12.5. The summed E-state index contributed by atoms with van der Waals surface area (Å²) in [6.07, 6.45) is 18.4. The molecule has 18 heavy (non-hydrogen) atoms. The van der Waals surface area contributed by atoms with Gasteiger partial charge in [0.1, 0.15) is 0 Å². The molecule has 0 atom stereocenters. The Morgan fingerprint density at radius 2 is 1.61 bits per heavy atom. The number of hydrogen-bond donors (Lipinski definition) is 1. The molecule has 1 heterocycles. The Kier molecular flexibility index (Phi) is 17.3. The molecule has 2 heteroatoms. The Hall–Kier alpha value is -0.970. The van der Waals surface area contributed by atoms with E-state index in [-0.39, 0.29) is 7.33 Å². The third-order valence-electron chi connectivity index (χ3n) is 3.05. The van der Waals surface area contributed by atoms with E-state index in [2.05, 4.69) is 25.1 Å². The van der Waals surface area contributed by atoms with Crippen LogP contribution in [0.3, 0.4) is 0 Å². The Balaban J connectivity index is -0.000000205. The van der Waals surface area contributed by atoms with Crippen molar-refractivity contribution in [3.05, 3.63) is 0 Å². The second-order valence-corrected chi connectivity index (χ2v) is 4.55.